The van der Waals surface area contributed by atoms with Crippen molar-refractivity contribution in [2.75, 3.05) is 38.2 Å². The van der Waals surface area contributed by atoms with Gasteiger partial charge in [0.15, 0.2) is 0 Å². The van der Waals surface area contributed by atoms with E-state index in [9.17, 15) is 9.90 Å². The number of hydrogen-bond donors (Lipinski definition) is 2. The standard InChI is InChI=1S/C27H35N5O3/c1-27(34)8-6-20(7-9-27)32-25-23(24(29-17-30-25)28-15-18-2-3-18)21-5-4-19(14-22(21)26(32)33)16-31-10-12-35-13-11-31/h4-5,14,17-18,20,34H,2-3,6-13,15-16H2,1H3,(H,28,29,30). The first-order valence-corrected chi connectivity index (χ1v) is 13.1. The average molecular weight is 478 g/mol. The minimum Gasteiger partial charge on any atom is -0.390 e. The van der Waals surface area contributed by atoms with Crippen LogP contribution in [0.15, 0.2) is 29.3 Å². The molecule has 1 saturated heterocycles. The van der Waals surface area contributed by atoms with Gasteiger partial charge < -0.3 is 15.2 Å². The summed E-state index contributed by atoms with van der Waals surface area (Å²) in [6.45, 7) is 6.92. The summed E-state index contributed by atoms with van der Waals surface area (Å²) in [6.07, 6.45) is 6.97. The molecule has 186 valence electrons. The Balaban J connectivity index is 1.48. The van der Waals surface area contributed by atoms with Crippen molar-refractivity contribution in [2.24, 2.45) is 5.92 Å². The van der Waals surface area contributed by atoms with Crippen LogP contribution >= 0.6 is 0 Å². The van der Waals surface area contributed by atoms with Crippen LogP contribution in [0, 0.1) is 5.92 Å². The summed E-state index contributed by atoms with van der Waals surface area (Å²) < 4.78 is 7.39. The summed E-state index contributed by atoms with van der Waals surface area (Å²) in [5.74, 6) is 1.52. The molecule has 2 N–H and O–H groups in total. The lowest BCUT2D eigenvalue weighted by atomic mass is 9.83. The van der Waals surface area contributed by atoms with Crippen molar-refractivity contribution in [1.29, 1.82) is 0 Å². The monoisotopic (exact) mass is 477 g/mol. The molecule has 1 aromatic carbocycles. The molecule has 0 amide bonds. The molecule has 0 atom stereocenters. The molecule has 3 heterocycles. The van der Waals surface area contributed by atoms with E-state index in [1.54, 1.807) is 6.33 Å². The van der Waals surface area contributed by atoms with Gasteiger partial charge in [-0.1, -0.05) is 12.1 Å². The zero-order valence-corrected chi connectivity index (χ0v) is 20.5. The van der Waals surface area contributed by atoms with E-state index >= 15 is 0 Å². The molecule has 8 nitrogen and oxygen atoms in total. The molecule has 0 bridgehead atoms. The molecule has 2 aliphatic carbocycles. The van der Waals surface area contributed by atoms with E-state index in [4.69, 9.17) is 4.74 Å². The average Bonchev–Trinajstić information content (AvgIpc) is 3.69. The predicted molar refractivity (Wildman–Crippen MR) is 137 cm³/mol. The van der Waals surface area contributed by atoms with Gasteiger partial charge in [0.25, 0.3) is 5.56 Å². The second-order valence-electron chi connectivity index (χ2n) is 10.9. The predicted octanol–water partition coefficient (Wildman–Crippen LogP) is 3.46. The molecule has 0 spiro atoms. The maximum atomic E-state index is 14.0. The zero-order chi connectivity index (χ0) is 24.0. The van der Waals surface area contributed by atoms with Crippen molar-refractivity contribution in [1.82, 2.24) is 19.4 Å². The van der Waals surface area contributed by atoms with Crippen LogP contribution < -0.4 is 10.9 Å². The second kappa shape index (κ2) is 9.15. The van der Waals surface area contributed by atoms with E-state index < -0.39 is 5.60 Å². The smallest absolute Gasteiger partial charge is 0.260 e. The lowest BCUT2D eigenvalue weighted by Gasteiger charge is -2.34. The Morgan fingerprint density at radius 2 is 1.89 bits per heavy atom. The minimum atomic E-state index is -0.663. The van der Waals surface area contributed by atoms with Crippen LogP contribution in [0.5, 0.6) is 0 Å². The second-order valence-corrected chi connectivity index (χ2v) is 10.9. The summed E-state index contributed by atoms with van der Waals surface area (Å²) >= 11 is 0. The molecule has 35 heavy (non-hydrogen) atoms. The van der Waals surface area contributed by atoms with Crippen molar-refractivity contribution in [2.45, 2.75) is 63.6 Å². The summed E-state index contributed by atoms with van der Waals surface area (Å²) in [5.41, 5.74) is 1.18. The van der Waals surface area contributed by atoms with Gasteiger partial charge >= 0.3 is 0 Å². The highest BCUT2D eigenvalue weighted by atomic mass is 16.5. The van der Waals surface area contributed by atoms with Crippen molar-refractivity contribution in [3.8, 4) is 0 Å². The summed E-state index contributed by atoms with van der Waals surface area (Å²) in [4.78, 5) is 25.7. The van der Waals surface area contributed by atoms with E-state index in [2.05, 4.69) is 38.4 Å². The lowest BCUT2D eigenvalue weighted by molar-refractivity contribution is 0.0100. The number of fused-ring (bicyclic) bond motifs is 3. The van der Waals surface area contributed by atoms with Gasteiger partial charge in [0.05, 0.1) is 24.2 Å². The SMILES string of the molecule is CC1(O)CCC(n2c(=O)c3cc(CN4CCOCC4)ccc3c3c(NCC4CC4)ncnc32)CC1. The van der Waals surface area contributed by atoms with Gasteiger partial charge in [-0.15, -0.1) is 0 Å². The minimum absolute atomic E-state index is 0.00899. The number of nitrogens with one attached hydrogen (secondary N) is 1. The molecule has 6 rings (SSSR count). The highest BCUT2D eigenvalue weighted by molar-refractivity contribution is 6.09. The molecule has 8 heteroatoms. The lowest BCUT2D eigenvalue weighted by Crippen LogP contribution is -2.36. The number of morpholine rings is 1. The van der Waals surface area contributed by atoms with Gasteiger partial charge in [0, 0.05) is 43.0 Å². The van der Waals surface area contributed by atoms with Crippen LogP contribution in [0.3, 0.4) is 0 Å². The van der Waals surface area contributed by atoms with Gasteiger partial charge in [-0.05, 0) is 63.0 Å². The first-order chi connectivity index (χ1) is 17.0. The van der Waals surface area contributed by atoms with Crippen LogP contribution in [0.1, 0.15) is 57.1 Å². The number of aromatic nitrogens is 3. The van der Waals surface area contributed by atoms with Crippen LogP contribution in [0.25, 0.3) is 21.8 Å². The van der Waals surface area contributed by atoms with Gasteiger partial charge in [-0.2, -0.15) is 0 Å². The number of ether oxygens (including phenoxy) is 1. The van der Waals surface area contributed by atoms with Crippen molar-refractivity contribution >= 4 is 27.6 Å². The fraction of sp³-hybridized carbons (Fsp3) is 0.593. The quantitative estimate of drug-likeness (QED) is 0.525. The molecule has 1 aliphatic heterocycles. The van der Waals surface area contributed by atoms with E-state index in [-0.39, 0.29) is 11.6 Å². The topological polar surface area (TPSA) is 92.5 Å². The van der Waals surface area contributed by atoms with Gasteiger partial charge in [-0.25, -0.2) is 9.97 Å². The first kappa shape index (κ1) is 22.9. The summed E-state index contributed by atoms with van der Waals surface area (Å²) in [5, 5.41) is 16.6. The highest BCUT2D eigenvalue weighted by Crippen LogP contribution is 2.37. The highest BCUT2D eigenvalue weighted by Gasteiger charge is 2.32. The largest absolute Gasteiger partial charge is 0.390 e. The van der Waals surface area contributed by atoms with Gasteiger partial charge in [-0.3, -0.25) is 14.3 Å². The van der Waals surface area contributed by atoms with Gasteiger partial charge in [0.1, 0.15) is 17.8 Å². The Hall–Kier alpha value is -2.55. The van der Waals surface area contributed by atoms with E-state index in [1.807, 2.05) is 11.5 Å². The maximum absolute atomic E-state index is 14.0. The van der Waals surface area contributed by atoms with Crippen LogP contribution in [-0.4, -0.2) is 63.0 Å². The van der Waals surface area contributed by atoms with Crippen molar-refractivity contribution < 1.29 is 9.84 Å². The zero-order valence-electron chi connectivity index (χ0n) is 20.5. The number of hydrogen-bond acceptors (Lipinski definition) is 7. The summed E-state index contributed by atoms with van der Waals surface area (Å²) in [6, 6.07) is 6.30. The number of nitrogens with zero attached hydrogens (tertiary/aromatic N) is 4. The van der Waals surface area contributed by atoms with Crippen LogP contribution in [0.4, 0.5) is 5.82 Å². The number of aliphatic hydroxyl groups is 1. The molecular weight excluding hydrogens is 442 g/mol. The summed E-state index contributed by atoms with van der Waals surface area (Å²) in [7, 11) is 0. The van der Waals surface area contributed by atoms with Gasteiger partial charge in [0.2, 0.25) is 0 Å². The Bertz CT molecular complexity index is 1280. The third-order valence-corrected chi connectivity index (χ3v) is 8.02. The molecular formula is C27H35N5O3. The molecule has 3 aromatic rings. The third-order valence-electron chi connectivity index (χ3n) is 8.02. The van der Waals surface area contributed by atoms with Crippen molar-refractivity contribution in [3.05, 3.63) is 40.4 Å². The number of pyridine rings is 1. The molecule has 0 radical (unpaired) electrons. The fourth-order valence-electron chi connectivity index (χ4n) is 5.65. The molecule has 2 saturated carbocycles. The van der Waals surface area contributed by atoms with Crippen LogP contribution in [-0.2, 0) is 11.3 Å². The maximum Gasteiger partial charge on any atom is 0.260 e. The Morgan fingerprint density at radius 3 is 2.63 bits per heavy atom. The number of benzene rings is 1. The van der Waals surface area contributed by atoms with Crippen molar-refractivity contribution in [3.63, 3.8) is 0 Å². The van der Waals surface area contributed by atoms with E-state index in [1.165, 1.54) is 12.8 Å². The third kappa shape index (κ3) is 4.67. The van der Waals surface area contributed by atoms with E-state index in [0.29, 0.717) is 24.4 Å². The Morgan fingerprint density at radius 1 is 1.11 bits per heavy atom. The molecule has 0 unspecified atom stereocenters. The Labute approximate surface area is 205 Å². The van der Waals surface area contributed by atoms with E-state index in [0.717, 1.165) is 79.8 Å². The van der Waals surface area contributed by atoms with Crippen LogP contribution in [0.2, 0.25) is 0 Å². The Kier molecular flexibility index (Phi) is 5.98. The number of rotatable bonds is 6. The first-order valence-electron chi connectivity index (χ1n) is 13.1. The number of anilines is 1. The molecule has 2 aromatic heterocycles. The fourth-order valence-corrected chi connectivity index (χ4v) is 5.65. The normalized spacial score (nSPS) is 25.8. The molecule has 3 fully saturated rings. The molecule has 3 aliphatic rings.